The zero-order valence-corrected chi connectivity index (χ0v) is 11.8. The molecule has 0 fully saturated rings. The molecule has 0 aromatic heterocycles. The topological polar surface area (TPSA) is 9.23 Å². The summed E-state index contributed by atoms with van der Waals surface area (Å²) in [4.78, 5) is 0. The normalized spacial score (nSPS) is 14.0. The fraction of sp³-hybridized carbons (Fsp3) is 0.333. The molecule has 1 heteroatoms. The Morgan fingerprint density at radius 2 is 1.26 bits per heavy atom. The largest absolute Gasteiger partial charge is 0.381 e. The molecule has 2 unspecified atom stereocenters. The lowest BCUT2D eigenvalue weighted by atomic mass is 9.92. The molecule has 2 atom stereocenters. The predicted molar refractivity (Wildman–Crippen MR) is 80.3 cm³/mol. The Labute approximate surface area is 116 Å². The third-order valence-electron chi connectivity index (χ3n) is 3.62. The summed E-state index contributed by atoms with van der Waals surface area (Å²) in [5.74, 6) is 0.507. The molecule has 0 radical (unpaired) electrons. The monoisotopic (exact) mass is 254 g/mol. The van der Waals surface area contributed by atoms with Gasteiger partial charge in [-0.1, -0.05) is 67.6 Å². The van der Waals surface area contributed by atoms with Gasteiger partial charge < -0.3 is 4.74 Å². The molecule has 2 rings (SSSR count). The van der Waals surface area contributed by atoms with Gasteiger partial charge in [0.25, 0.3) is 0 Å². The van der Waals surface area contributed by atoms with Gasteiger partial charge in [0.05, 0.1) is 6.10 Å². The van der Waals surface area contributed by atoms with Crippen molar-refractivity contribution in [3.05, 3.63) is 71.8 Å². The van der Waals surface area contributed by atoms with Gasteiger partial charge >= 0.3 is 0 Å². The maximum atomic E-state index is 5.69. The van der Waals surface area contributed by atoms with Gasteiger partial charge in [0.1, 0.15) is 0 Å². The van der Waals surface area contributed by atoms with Crippen LogP contribution in [0.1, 0.15) is 18.1 Å². The average molecular weight is 254 g/mol. The molecule has 0 aliphatic rings. The molecule has 0 spiro atoms. The molecule has 2 aromatic rings. The lowest BCUT2D eigenvalue weighted by Crippen LogP contribution is -2.24. The van der Waals surface area contributed by atoms with Crippen LogP contribution in [0.5, 0.6) is 0 Å². The Hall–Kier alpha value is -1.60. The minimum absolute atomic E-state index is 0.266. The summed E-state index contributed by atoms with van der Waals surface area (Å²) in [5.41, 5.74) is 2.72. The molecular formula is C18H22O. The molecule has 0 aliphatic carbocycles. The summed E-state index contributed by atoms with van der Waals surface area (Å²) >= 11 is 0. The highest BCUT2D eigenvalue weighted by molar-refractivity contribution is 5.17. The number of methoxy groups -OCH3 is 1. The van der Waals surface area contributed by atoms with Crippen molar-refractivity contribution in [3.8, 4) is 0 Å². The first-order valence-corrected chi connectivity index (χ1v) is 6.90. The second-order valence-corrected chi connectivity index (χ2v) is 5.13. The maximum Gasteiger partial charge on any atom is 0.0640 e. The van der Waals surface area contributed by atoms with Crippen LogP contribution in [0.15, 0.2) is 60.7 Å². The average Bonchev–Trinajstić information content (AvgIpc) is 2.47. The molecule has 0 aliphatic heterocycles. The van der Waals surface area contributed by atoms with Gasteiger partial charge in [0, 0.05) is 7.11 Å². The molecule has 2 aromatic carbocycles. The maximum absolute atomic E-state index is 5.69. The van der Waals surface area contributed by atoms with E-state index in [1.54, 1.807) is 0 Å². The lowest BCUT2D eigenvalue weighted by Gasteiger charge is -2.23. The van der Waals surface area contributed by atoms with Crippen LogP contribution in [-0.4, -0.2) is 13.2 Å². The summed E-state index contributed by atoms with van der Waals surface area (Å²) in [6.07, 6.45) is 2.31. The van der Waals surface area contributed by atoms with E-state index in [9.17, 15) is 0 Å². The SMILES string of the molecule is COC(Cc1ccccc1)C(C)Cc1ccccc1. The van der Waals surface area contributed by atoms with Gasteiger partial charge in [0.15, 0.2) is 0 Å². The van der Waals surface area contributed by atoms with Gasteiger partial charge in [-0.05, 0) is 29.9 Å². The molecule has 0 heterocycles. The molecule has 0 N–H and O–H groups in total. The Balaban J connectivity index is 1.97. The lowest BCUT2D eigenvalue weighted by molar-refractivity contribution is 0.0590. The third kappa shape index (κ3) is 4.22. The Morgan fingerprint density at radius 1 is 0.789 bits per heavy atom. The summed E-state index contributed by atoms with van der Waals surface area (Å²) in [6, 6.07) is 21.2. The first kappa shape index (κ1) is 13.8. The van der Waals surface area contributed by atoms with Gasteiger partial charge in [-0.2, -0.15) is 0 Å². The number of ether oxygens (including phenoxy) is 1. The van der Waals surface area contributed by atoms with Crippen LogP contribution in [0, 0.1) is 5.92 Å². The van der Waals surface area contributed by atoms with Gasteiger partial charge in [0.2, 0.25) is 0 Å². The van der Waals surface area contributed by atoms with Crippen molar-refractivity contribution in [3.63, 3.8) is 0 Å². The van der Waals surface area contributed by atoms with Crippen LogP contribution in [0.25, 0.3) is 0 Å². The van der Waals surface area contributed by atoms with E-state index in [1.807, 2.05) is 7.11 Å². The van der Waals surface area contributed by atoms with Crippen molar-refractivity contribution in [2.45, 2.75) is 25.9 Å². The van der Waals surface area contributed by atoms with Crippen LogP contribution >= 0.6 is 0 Å². The molecule has 0 saturated carbocycles. The minimum Gasteiger partial charge on any atom is -0.381 e. The van der Waals surface area contributed by atoms with E-state index in [-0.39, 0.29) is 6.10 Å². The summed E-state index contributed by atoms with van der Waals surface area (Å²) in [6.45, 7) is 2.27. The van der Waals surface area contributed by atoms with Crippen molar-refractivity contribution in [1.29, 1.82) is 0 Å². The van der Waals surface area contributed by atoms with Crippen molar-refractivity contribution >= 4 is 0 Å². The van der Waals surface area contributed by atoms with Crippen molar-refractivity contribution in [1.82, 2.24) is 0 Å². The highest BCUT2D eigenvalue weighted by Gasteiger charge is 2.17. The smallest absolute Gasteiger partial charge is 0.0640 e. The van der Waals surface area contributed by atoms with Crippen molar-refractivity contribution < 1.29 is 4.74 Å². The fourth-order valence-corrected chi connectivity index (χ4v) is 2.48. The second-order valence-electron chi connectivity index (χ2n) is 5.13. The van der Waals surface area contributed by atoms with Crippen LogP contribution in [0.3, 0.4) is 0 Å². The molecule has 19 heavy (non-hydrogen) atoms. The van der Waals surface area contributed by atoms with Crippen molar-refractivity contribution in [2.24, 2.45) is 5.92 Å². The Bertz CT molecular complexity index is 464. The van der Waals surface area contributed by atoms with Gasteiger partial charge in [-0.15, -0.1) is 0 Å². The minimum atomic E-state index is 0.266. The molecular weight excluding hydrogens is 232 g/mol. The van der Waals surface area contributed by atoms with Gasteiger partial charge in [-0.25, -0.2) is 0 Å². The zero-order chi connectivity index (χ0) is 13.5. The van der Waals surface area contributed by atoms with Crippen LogP contribution in [-0.2, 0) is 17.6 Å². The van der Waals surface area contributed by atoms with E-state index in [2.05, 4.69) is 67.6 Å². The quantitative estimate of drug-likeness (QED) is 0.753. The standard InChI is InChI=1S/C18H22O/c1-15(13-16-9-5-3-6-10-16)18(19-2)14-17-11-7-4-8-12-17/h3-12,15,18H,13-14H2,1-2H3. The van der Waals surface area contributed by atoms with Crippen molar-refractivity contribution in [2.75, 3.05) is 7.11 Å². The zero-order valence-electron chi connectivity index (χ0n) is 11.8. The number of rotatable bonds is 6. The highest BCUT2D eigenvalue weighted by atomic mass is 16.5. The molecule has 100 valence electrons. The summed E-state index contributed by atoms with van der Waals surface area (Å²) in [5, 5.41) is 0. The predicted octanol–water partition coefficient (Wildman–Crippen LogP) is 4.12. The van der Waals surface area contributed by atoms with E-state index in [4.69, 9.17) is 4.74 Å². The third-order valence-corrected chi connectivity index (χ3v) is 3.62. The van der Waals surface area contributed by atoms with E-state index in [0.717, 1.165) is 12.8 Å². The molecule has 0 bridgehead atoms. The highest BCUT2D eigenvalue weighted by Crippen LogP contribution is 2.18. The first-order valence-electron chi connectivity index (χ1n) is 6.90. The number of benzene rings is 2. The van der Waals surface area contributed by atoms with E-state index in [1.165, 1.54) is 11.1 Å². The summed E-state index contributed by atoms with van der Waals surface area (Å²) in [7, 11) is 1.81. The molecule has 0 saturated heterocycles. The van der Waals surface area contributed by atoms with Crippen LogP contribution < -0.4 is 0 Å². The Morgan fingerprint density at radius 3 is 1.74 bits per heavy atom. The molecule has 1 nitrogen and oxygen atoms in total. The van der Waals surface area contributed by atoms with E-state index < -0.39 is 0 Å². The summed E-state index contributed by atoms with van der Waals surface area (Å²) < 4.78 is 5.69. The Kier molecular flexibility index (Phi) is 5.17. The second kappa shape index (κ2) is 7.10. The first-order chi connectivity index (χ1) is 9.29. The molecule has 0 amide bonds. The van der Waals surface area contributed by atoms with Crippen LogP contribution in [0.4, 0.5) is 0 Å². The van der Waals surface area contributed by atoms with Gasteiger partial charge in [-0.3, -0.25) is 0 Å². The number of hydrogen-bond acceptors (Lipinski definition) is 1. The van der Waals surface area contributed by atoms with E-state index >= 15 is 0 Å². The van der Waals surface area contributed by atoms with E-state index in [0.29, 0.717) is 5.92 Å². The van der Waals surface area contributed by atoms with Crippen LogP contribution in [0.2, 0.25) is 0 Å². The number of hydrogen-bond donors (Lipinski definition) is 0. The fourth-order valence-electron chi connectivity index (χ4n) is 2.48.